The van der Waals surface area contributed by atoms with Gasteiger partial charge in [-0.2, -0.15) is 9.40 Å². The Morgan fingerprint density at radius 2 is 2.32 bits per heavy atom. The monoisotopic (exact) mass is 286 g/mol. The SMILES string of the molecule is CCC1CCN(S(=O)(=O)c2cnn(CCCN)c2)C1. The average Bonchev–Trinajstić information content (AvgIpc) is 3.05. The van der Waals surface area contributed by atoms with Crippen molar-refractivity contribution in [2.45, 2.75) is 37.6 Å². The molecule has 1 aliphatic rings. The lowest BCUT2D eigenvalue weighted by atomic mass is 10.1. The van der Waals surface area contributed by atoms with Crippen LogP contribution in [0.2, 0.25) is 0 Å². The Hall–Kier alpha value is -0.920. The van der Waals surface area contributed by atoms with Gasteiger partial charge in [-0.3, -0.25) is 4.68 Å². The molecule has 108 valence electrons. The minimum Gasteiger partial charge on any atom is -0.330 e. The molecule has 0 saturated carbocycles. The molecule has 0 spiro atoms. The maximum absolute atomic E-state index is 12.4. The summed E-state index contributed by atoms with van der Waals surface area (Å²) in [5, 5.41) is 4.09. The van der Waals surface area contributed by atoms with E-state index >= 15 is 0 Å². The van der Waals surface area contributed by atoms with Crippen molar-refractivity contribution in [3.63, 3.8) is 0 Å². The standard InChI is InChI=1S/C12H22N4O2S/c1-2-11-4-7-16(9-11)19(17,18)12-8-14-15(10-12)6-3-5-13/h8,10-11H,2-7,9,13H2,1H3. The molecule has 2 heterocycles. The van der Waals surface area contributed by atoms with Crippen LogP contribution in [0.3, 0.4) is 0 Å². The van der Waals surface area contributed by atoms with Crippen molar-refractivity contribution in [2.75, 3.05) is 19.6 Å². The van der Waals surface area contributed by atoms with Crippen molar-refractivity contribution in [1.82, 2.24) is 14.1 Å². The van der Waals surface area contributed by atoms with Gasteiger partial charge in [-0.15, -0.1) is 0 Å². The smallest absolute Gasteiger partial charge is 0.246 e. The molecule has 0 radical (unpaired) electrons. The van der Waals surface area contributed by atoms with Crippen molar-refractivity contribution in [3.05, 3.63) is 12.4 Å². The summed E-state index contributed by atoms with van der Waals surface area (Å²) >= 11 is 0. The fourth-order valence-corrected chi connectivity index (χ4v) is 3.84. The summed E-state index contributed by atoms with van der Waals surface area (Å²) in [4.78, 5) is 0.293. The lowest BCUT2D eigenvalue weighted by Gasteiger charge is -2.14. The second-order valence-electron chi connectivity index (χ2n) is 5.01. The highest BCUT2D eigenvalue weighted by atomic mass is 32.2. The normalized spacial score (nSPS) is 21.1. The zero-order valence-corrected chi connectivity index (χ0v) is 12.1. The summed E-state index contributed by atoms with van der Waals surface area (Å²) in [5.41, 5.74) is 5.43. The van der Waals surface area contributed by atoms with E-state index in [9.17, 15) is 8.42 Å². The predicted molar refractivity (Wildman–Crippen MR) is 73.1 cm³/mol. The van der Waals surface area contributed by atoms with Crippen LogP contribution >= 0.6 is 0 Å². The number of aromatic nitrogens is 2. The van der Waals surface area contributed by atoms with Gasteiger partial charge in [0.15, 0.2) is 0 Å². The average molecular weight is 286 g/mol. The second-order valence-corrected chi connectivity index (χ2v) is 6.95. The van der Waals surface area contributed by atoms with E-state index in [1.165, 1.54) is 6.20 Å². The Morgan fingerprint density at radius 1 is 1.53 bits per heavy atom. The molecule has 1 unspecified atom stereocenters. The van der Waals surface area contributed by atoms with E-state index in [0.717, 1.165) is 19.3 Å². The van der Waals surface area contributed by atoms with Crippen LogP contribution in [0.5, 0.6) is 0 Å². The molecule has 2 N–H and O–H groups in total. The van der Waals surface area contributed by atoms with Crippen LogP contribution in [0.15, 0.2) is 17.3 Å². The van der Waals surface area contributed by atoms with Crippen molar-refractivity contribution in [3.8, 4) is 0 Å². The highest BCUT2D eigenvalue weighted by Crippen LogP contribution is 2.25. The third kappa shape index (κ3) is 3.16. The van der Waals surface area contributed by atoms with Crippen molar-refractivity contribution in [1.29, 1.82) is 0 Å². The van der Waals surface area contributed by atoms with E-state index in [4.69, 9.17) is 5.73 Å². The van der Waals surface area contributed by atoms with Crippen LogP contribution in [0.4, 0.5) is 0 Å². The molecule has 0 aromatic carbocycles. The number of nitrogens with two attached hydrogens (primary N) is 1. The van der Waals surface area contributed by atoms with E-state index in [0.29, 0.717) is 37.0 Å². The predicted octanol–water partition coefficient (Wildman–Crippen LogP) is 0.653. The van der Waals surface area contributed by atoms with Crippen LogP contribution in [-0.2, 0) is 16.6 Å². The second kappa shape index (κ2) is 6.02. The number of rotatable bonds is 6. The summed E-state index contributed by atoms with van der Waals surface area (Å²) in [6.45, 7) is 4.59. The van der Waals surface area contributed by atoms with E-state index in [-0.39, 0.29) is 0 Å². The zero-order chi connectivity index (χ0) is 13.9. The van der Waals surface area contributed by atoms with Crippen molar-refractivity contribution >= 4 is 10.0 Å². The van der Waals surface area contributed by atoms with Crippen LogP contribution in [0, 0.1) is 5.92 Å². The molecule has 19 heavy (non-hydrogen) atoms. The lowest BCUT2D eigenvalue weighted by Crippen LogP contribution is -2.28. The Morgan fingerprint density at radius 3 is 2.95 bits per heavy atom. The van der Waals surface area contributed by atoms with Crippen molar-refractivity contribution in [2.24, 2.45) is 11.7 Å². The van der Waals surface area contributed by atoms with Gasteiger partial charge in [0, 0.05) is 25.8 Å². The minimum atomic E-state index is -3.37. The number of hydrogen-bond acceptors (Lipinski definition) is 4. The molecule has 1 atom stereocenters. The van der Waals surface area contributed by atoms with Gasteiger partial charge in [-0.05, 0) is 25.3 Å². The Balaban J connectivity index is 2.09. The molecule has 0 aliphatic carbocycles. The van der Waals surface area contributed by atoms with Gasteiger partial charge in [0.25, 0.3) is 0 Å². The van der Waals surface area contributed by atoms with E-state index in [2.05, 4.69) is 12.0 Å². The molecule has 0 bridgehead atoms. The summed E-state index contributed by atoms with van der Waals surface area (Å²) in [5.74, 6) is 0.488. The summed E-state index contributed by atoms with van der Waals surface area (Å²) in [7, 11) is -3.37. The quantitative estimate of drug-likeness (QED) is 0.832. The number of aryl methyl sites for hydroxylation is 1. The molecule has 1 aliphatic heterocycles. The van der Waals surface area contributed by atoms with Crippen LogP contribution < -0.4 is 5.73 Å². The first-order chi connectivity index (χ1) is 9.07. The first-order valence-electron chi connectivity index (χ1n) is 6.80. The van der Waals surface area contributed by atoms with Gasteiger partial charge >= 0.3 is 0 Å². The van der Waals surface area contributed by atoms with Crippen LogP contribution in [0.1, 0.15) is 26.2 Å². The third-order valence-electron chi connectivity index (χ3n) is 3.66. The van der Waals surface area contributed by atoms with Gasteiger partial charge < -0.3 is 5.73 Å². The first kappa shape index (κ1) is 14.5. The number of nitrogens with zero attached hydrogens (tertiary/aromatic N) is 3. The van der Waals surface area contributed by atoms with Gasteiger partial charge in [-0.1, -0.05) is 13.3 Å². The Labute approximate surface area is 114 Å². The topological polar surface area (TPSA) is 81.2 Å². The molecule has 1 fully saturated rings. The third-order valence-corrected chi connectivity index (χ3v) is 5.48. The highest BCUT2D eigenvalue weighted by molar-refractivity contribution is 7.89. The number of hydrogen-bond donors (Lipinski definition) is 1. The summed E-state index contributed by atoms with van der Waals surface area (Å²) < 4.78 is 28.1. The zero-order valence-electron chi connectivity index (χ0n) is 11.3. The van der Waals surface area contributed by atoms with Gasteiger partial charge in [-0.25, -0.2) is 8.42 Å². The fourth-order valence-electron chi connectivity index (χ4n) is 2.35. The lowest BCUT2D eigenvalue weighted by molar-refractivity contribution is 0.453. The van der Waals surface area contributed by atoms with Gasteiger partial charge in [0.1, 0.15) is 4.90 Å². The molecule has 6 nitrogen and oxygen atoms in total. The van der Waals surface area contributed by atoms with E-state index < -0.39 is 10.0 Å². The van der Waals surface area contributed by atoms with E-state index in [1.807, 2.05) is 0 Å². The molecule has 0 amide bonds. The molecule has 1 aromatic rings. The first-order valence-corrected chi connectivity index (χ1v) is 8.24. The van der Waals surface area contributed by atoms with Crippen LogP contribution in [0.25, 0.3) is 0 Å². The van der Waals surface area contributed by atoms with Crippen LogP contribution in [-0.4, -0.2) is 42.1 Å². The largest absolute Gasteiger partial charge is 0.330 e. The van der Waals surface area contributed by atoms with Gasteiger partial charge in [0.2, 0.25) is 10.0 Å². The maximum atomic E-state index is 12.4. The Kier molecular flexibility index (Phi) is 4.59. The summed E-state index contributed by atoms with van der Waals surface area (Å²) in [6.07, 6.45) is 5.82. The molecule has 2 rings (SSSR count). The fraction of sp³-hybridized carbons (Fsp3) is 0.750. The number of sulfonamides is 1. The molecule has 7 heteroatoms. The van der Waals surface area contributed by atoms with Gasteiger partial charge in [0.05, 0.1) is 6.20 Å². The molecular formula is C12H22N4O2S. The highest BCUT2D eigenvalue weighted by Gasteiger charge is 2.32. The molecule has 1 aromatic heterocycles. The van der Waals surface area contributed by atoms with Crippen molar-refractivity contribution < 1.29 is 8.42 Å². The van der Waals surface area contributed by atoms with E-state index in [1.54, 1.807) is 15.2 Å². The molecular weight excluding hydrogens is 264 g/mol. The summed E-state index contributed by atoms with van der Waals surface area (Å²) in [6, 6.07) is 0. The maximum Gasteiger partial charge on any atom is 0.246 e. The Bertz CT molecular complexity index is 512. The molecule has 1 saturated heterocycles. The minimum absolute atomic E-state index is 0.293.